The van der Waals surface area contributed by atoms with Gasteiger partial charge >= 0.3 is 0 Å². The molecule has 1 aromatic heterocycles. The number of rotatable bonds is 6. The van der Waals surface area contributed by atoms with E-state index in [1.807, 2.05) is 37.3 Å². The number of carbonyl (C=O) groups excluding carboxylic acids is 2. The van der Waals surface area contributed by atoms with Crippen molar-refractivity contribution in [1.29, 1.82) is 0 Å². The topological polar surface area (TPSA) is 93.7 Å². The number of amides is 2. The van der Waals surface area contributed by atoms with Crippen LogP contribution in [0.4, 0.5) is 10.5 Å². The molecule has 0 spiro atoms. The van der Waals surface area contributed by atoms with E-state index < -0.39 is 16.1 Å². The van der Waals surface area contributed by atoms with Crippen molar-refractivity contribution < 1.29 is 18.9 Å². The van der Waals surface area contributed by atoms with Gasteiger partial charge in [-0.05, 0) is 48.5 Å². The van der Waals surface area contributed by atoms with Gasteiger partial charge in [0, 0.05) is 23.1 Å². The minimum atomic E-state index is -0.499. The second kappa shape index (κ2) is 8.83. The highest BCUT2D eigenvalue weighted by Gasteiger charge is 2.35. The molecule has 1 aliphatic heterocycles. The molecule has 7 nitrogen and oxygen atoms in total. The van der Waals surface area contributed by atoms with Crippen LogP contribution in [-0.4, -0.2) is 21.0 Å². The first-order chi connectivity index (χ1) is 14.9. The third-order valence-corrected chi connectivity index (χ3v) is 6.31. The Bertz CT molecular complexity index is 1180. The smallest absolute Gasteiger partial charge is 0.293 e. The molecule has 0 N–H and O–H groups in total. The number of nitro benzene ring substituents is 1. The van der Waals surface area contributed by atoms with E-state index >= 15 is 0 Å². The summed E-state index contributed by atoms with van der Waals surface area (Å²) in [4.78, 5) is 37.7. The Balaban J connectivity index is 1.45. The van der Waals surface area contributed by atoms with Gasteiger partial charge in [0.1, 0.15) is 5.76 Å². The third-order valence-electron chi connectivity index (χ3n) is 4.48. The number of imide groups is 1. The lowest BCUT2D eigenvalue weighted by molar-refractivity contribution is -0.384. The number of carbonyl (C=O) groups is 2. The predicted molar refractivity (Wildman–Crippen MR) is 119 cm³/mol. The summed E-state index contributed by atoms with van der Waals surface area (Å²) in [7, 11) is 0. The minimum Gasteiger partial charge on any atom is -0.450 e. The van der Waals surface area contributed by atoms with Gasteiger partial charge in [-0.3, -0.25) is 24.6 Å². The van der Waals surface area contributed by atoms with Crippen molar-refractivity contribution in [3.05, 3.63) is 92.6 Å². The first kappa shape index (κ1) is 21.0. The molecule has 0 aliphatic carbocycles. The molecule has 1 aliphatic rings. The minimum absolute atomic E-state index is 0.0464. The van der Waals surface area contributed by atoms with Crippen molar-refractivity contribution in [3.8, 4) is 0 Å². The Labute approximate surface area is 186 Å². The Morgan fingerprint density at radius 3 is 2.45 bits per heavy atom. The first-order valence-corrected chi connectivity index (χ1v) is 10.9. The van der Waals surface area contributed by atoms with Gasteiger partial charge < -0.3 is 4.42 Å². The van der Waals surface area contributed by atoms with E-state index in [1.165, 1.54) is 41.6 Å². The zero-order valence-electron chi connectivity index (χ0n) is 16.3. The van der Waals surface area contributed by atoms with Gasteiger partial charge in [0.05, 0.1) is 16.4 Å². The quantitative estimate of drug-likeness (QED) is 0.262. The first-order valence-electron chi connectivity index (χ1n) is 9.22. The lowest BCUT2D eigenvalue weighted by Gasteiger charge is -2.12. The molecule has 0 bridgehead atoms. The van der Waals surface area contributed by atoms with Crippen LogP contribution in [0.1, 0.15) is 16.9 Å². The zero-order valence-corrected chi connectivity index (χ0v) is 17.9. The number of benzene rings is 2. The van der Waals surface area contributed by atoms with Crippen LogP contribution in [0.15, 0.2) is 80.0 Å². The summed E-state index contributed by atoms with van der Waals surface area (Å²) < 4.78 is 5.78. The second-order valence-corrected chi connectivity index (χ2v) is 8.83. The number of hydrogen-bond acceptors (Lipinski definition) is 7. The Morgan fingerprint density at radius 2 is 1.77 bits per heavy atom. The Hall–Kier alpha value is -3.30. The molecule has 31 heavy (non-hydrogen) atoms. The fraction of sp³-hybridized carbons (Fsp3) is 0.0909. The average molecular weight is 453 g/mol. The number of thioether (sulfide) groups is 1. The van der Waals surface area contributed by atoms with E-state index in [2.05, 4.69) is 0 Å². The van der Waals surface area contributed by atoms with Crippen LogP contribution in [0.25, 0.3) is 6.08 Å². The molecule has 4 rings (SSSR count). The molecule has 2 amide bonds. The van der Waals surface area contributed by atoms with Crippen molar-refractivity contribution >= 4 is 46.4 Å². The number of aryl methyl sites for hydroxylation is 1. The molecule has 156 valence electrons. The van der Waals surface area contributed by atoms with Gasteiger partial charge in [0.2, 0.25) is 0 Å². The van der Waals surface area contributed by atoms with Crippen LogP contribution >= 0.6 is 23.5 Å². The fourth-order valence-corrected chi connectivity index (χ4v) is 4.46. The van der Waals surface area contributed by atoms with Crippen LogP contribution < -0.4 is 0 Å². The summed E-state index contributed by atoms with van der Waals surface area (Å²) in [5, 5.41) is 11.0. The Kier molecular flexibility index (Phi) is 5.97. The van der Waals surface area contributed by atoms with E-state index in [0.29, 0.717) is 16.4 Å². The van der Waals surface area contributed by atoms with Crippen molar-refractivity contribution in [2.24, 2.45) is 0 Å². The molecule has 0 saturated carbocycles. The molecule has 0 unspecified atom stereocenters. The summed E-state index contributed by atoms with van der Waals surface area (Å²) in [6, 6.07) is 17.4. The number of nitrogens with zero attached hydrogens (tertiary/aromatic N) is 2. The molecule has 1 saturated heterocycles. The van der Waals surface area contributed by atoms with Crippen molar-refractivity contribution in [3.63, 3.8) is 0 Å². The van der Waals surface area contributed by atoms with Crippen LogP contribution in [0.2, 0.25) is 0 Å². The SMILES string of the molecule is Cc1ccc(Sc2ccc(/C=C3/SC(=O)N(Cc4ccc([N+](=O)[O-])cc4)C3=O)o2)cc1. The zero-order chi connectivity index (χ0) is 22.0. The number of hydrogen-bond donors (Lipinski definition) is 0. The average Bonchev–Trinajstić information content (AvgIpc) is 3.29. The third kappa shape index (κ3) is 4.89. The van der Waals surface area contributed by atoms with Crippen molar-refractivity contribution in [1.82, 2.24) is 4.90 Å². The van der Waals surface area contributed by atoms with Crippen LogP contribution in [-0.2, 0) is 11.3 Å². The van der Waals surface area contributed by atoms with Crippen LogP contribution in [0, 0.1) is 17.0 Å². The molecule has 9 heteroatoms. The van der Waals surface area contributed by atoms with E-state index in [0.717, 1.165) is 21.6 Å². The highest BCUT2D eigenvalue weighted by Crippen LogP contribution is 2.35. The summed E-state index contributed by atoms with van der Waals surface area (Å²) in [5.41, 5.74) is 1.76. The van der Waals surface area contributed by atoms with E-state index in [9.17, 15) is 19.7 Å². The molecular formula is C22H16N2O5S2. The molecule has 0 radical (unpaired) electrons. The highest BCUT2D eigenvalue weighted by atomic mass is 32.2. The highest BCUT2D eigenvalue weighted by molar-refractivity contribution is 8.18. The van der Waals surface area contributed by atoms with Crippen molar-refractivity contribution in [2.45, 2.75) is 23.5 Å². The summed E-state index contributed by atoms with van der Waals surface area (Å²) in [6.07, 6.45) is 1.56. The van der Waals surface area contributed by atoms with Gasteiger partial charge in [0.15, 0.2) is 5.09 Å². The summed E-state index contributed by atoms with van der Waals surface area (Å²) in [6.45, 7) is 2.07. The van der Waals surface area contributed by atoms with Gasteiger partial charge in [0.25, 0.3) is 16.8 Å². The van der Waals surface area contributed by atoms with Crippen molar-refractivity contribution in [2.75, 3.05) is 0 Å². The predicted octanol–water partition coefficient (Wildman–Crippen LogP) is 5.88. The lowest BCUT2D eigenvalue weighted by Crippen LogP contribution is -2.27. The number of furan rings is 1. The molecular weight excluding hydrogens is 436 g/mol. The van der Waals surface area contributed by atoms with Crippen LogP contribution in [0.3, 0.4) is 0 Å². The normalized spacial score (nSPS) is 15.1. The maximum Gasteiger partial charge on any atom is 0.293 e. The van der Waals surface area contributed by atoms with Gasteiger partial charge in [-0.2, -0.15) is 0 Å². The van der Waals surface area contributed by atoms with Gasteiger partial charge in [-0.25, -0.2) is 0 Å². The van der Waals surface area contributed by atoms with E-state index in [1.54, 1.807) is 12.1 Å². The monoisotopic (exact) mass is 452 g/mol. The molecule has 2 aromatic carbocycles. The van der Waals surface area contributed by atoms with Crippen LogP contribution in [0.5, 0.6) is 0 Å². The molecule has 3 aromatic rings. The maximum absolute atomic E-state index is 12.7. The van der Waals surface area contributed by atoms with E-state index in [-0.39, 0.29) is 17.1 Å². The lowest BCUT2D eigenvalue weighted by atomic mass is 10.2. The number of non-ortho nitro benzene ring substituents is 1. The summed E-state index contributed by atoms with van der Waals surface area (Å²) in [5.74, 6) is 0.0629. The molecule has 1 fully saturated rings. The molecule has 0 atom stereocenters. The largest absolute Gasteiger partial charge is 0.450 e. The standard InChI is InChI=1S/C22H16N2O5S2/c1-14-2-9-18(10-3-14)30-20-11-8-17(29-20)12-19-21(25)23(22(26)31-19)13-15-4-6-16(7-5-15)24(27)28/h2-12H,13H2,1H3/b19-12+. The van der Waals surface area contributed by atoms with Gasteiger partial charge in [-0.1, -0.05) is 41.6 Å². The number of nitro groups is 1. The van der Waals surface area contributed by atoms with E-state index in [4.69, 9.17) is 4.42 Å². The molecule has 2 heterocycles. The summed E-state index contributed by atoms with van der Waals surface area (Å²) >= 11 is 2.31. The fourth-order valence-electron chi connectivity index (χ4n) is 2.86. The maximum atomic E-state index is 12.7. The van der Waals surface area contributed by atoms with Gasteiger partial charge in [-0.15, -0.1) is 0 Å². The Morgan fingerprint density at radius 1 is 1.06 bits per heavy atom. The second-order valence-electron chi connectivity index (χ2n) is 6.76.